The normalized spacial score (nSPS) is 17.3. The van der Waals surface area contributed by atoms with E-state index in [1.54, 1.807) is 24.5 Å². The molecular weight excluding hydrogens is 212 g/mol. The van der Waals surface area contributed by atoms with Gasteiger partial charge in [-0.3, -0.25) is 9.78 Å². The van der Waals surface area contributed by atoms with Gasteiger partial charge in [0.05, 0.1) is 6.04 Å². The molecule has 0 saturated carbocycles. The second-order valence-electron chi connectivity index (χ2n) is 4.16. The summed E-state index contributed by atoms with van der Waals surface area (Å²) >= 11 is 0. The second kappa shape index (κ2) is 4.01. The number of fused-ring (bicyclic) bond motifs is 1. The summed E-state index contributed by atoms with van der Waals surface area (Å²) in [5.41, 5.74) is 2.93. The lowest BCUT2D eigenvalue weighted by atomic mass is 10.0. The zero-order valence-corrected chi connectivity index (χ0v) is 9.26. The highest BCUT2D eigenvalue weighted by Gasteiger charge is 2.26. The molecule has 0 fully saturated rings. The molecule has 1 aromatic carbocycles. The molecule has 1 N–H and O–H groups in total. The lowest BCUT2D eigenvalue weighted by Gasteiger charge is -2.09. The maximum Gasteiger partial charge on any atom is 0.186 e. The predicted molar refractivity (Wildman–Crippen MR) is 66.1 cm³/mol. The topological polar surface area (TPSA) is 42.0 Å². The molecular formula is C14H12N2O. The molecule has 17 heavy (non-hydrogen) atoms. The van der Waals surface area contributed by atoms with Crippen LogP contribution in [0.25, 0.3) is 0 Å². The fourth-order valence-electron chi connectivity index (χ4n) is 2.17. The van der Waals surface area contributed by atoms with Gasteiger partial charge >= 0.3 is 0 Å². The number of carbonyl (C=O) groups is 1. The van der Waals surface area contributed by atoms with Crippen LogP contribution in [0.5, 0.6) is 0 Å². The molecule has 84 valence electrons. The molecule has 2 heterocycles. The van der Waals surface area contributed by atoms with Gasteiger partial charge in [0.2, 0.25) is 0 Å². The lowest BCUT2D eigenvalue weighted by Crippen LogP contribution is -2.27. The van der Waals surface area contributed by atoms with Crippen LogP contribution in [0.2, 0.25) is 0 Å². The van der Waals surface area contributed by atoms with Crippen molar-refractivity contribution in [2.24, 2.45) is 0 Å². The van der Waals surface area contributed by atoms with E-state index in [4.69, 9.17) is 0 Å². The lowest BCUT2D eigenvalue weighted by molar-refractivity contribution is 0.0971. The Morgan fingerprint density at radius 2 is 2.12 bits per heavy atom. The minimum atomic E-state index is -0.156. The number of hydrogen-bond acceptors (Lipinski definition) is 3. The first-order chi connectivity index (χ1) is 8.34. The van der Waals surface area contributed by atoms with Gasteiger partial charge in [0, 0.05) is 30.1 Å². The molecule has 0 spiro atoms. The number of nitrogens with zero attached hydrogens (tertiary/aromatic N) is 1. The highest BCUT2D eigenvalue weighted by atomic mass is 16.1. The quantitative estimate of drug-likeness (QED) is 0.796. The first kappa shape index (κ1) is 10.0. The molecule has 3 nitrogen and oxygen atoms in total. The SMILES string of the molecule is O=C(c1cccnc1)C1Cc2ccccc2N1. The standard InChI is InChI=1S/C14H12N2O/c17-14(11-5-3-7-15-9-11)13-8-10-4-1-2-6-12(10)16-13/h1-7,9,13,16H,8H2. The number of ketones is 1. The highest BCUT2D eigenvalue weighted by Crippen LogP contribution is 2.26. The molecule has 0 aliphatic carbocycles. The van der Waals surface area contributed by atoms with Gasteiger partial charge in [-0.15, -0.1) is 0 Å². The van der Waals surface area contributed by atoms with Crippen molar-refractivity contribution in [2.45, 2.75) is 12.5 Å². The summed E-state index contributed by atoms with van der Waals surface area (Å²) < 4.78 is 0. The van der Waals surface area contributed by atoms with Crippen LogP contribution in [0.1, 0.15) is 15.9 Å². The third-order valence-corrected chi connectivity index (χ3v) is 3.03. The third kappa shape index (κ3) is 1.80. The molecule has 1 aliphatic heterocycles. The molecule has 1 aliphatic rings. The number of Topliss-reactive ketones (excluding diaryl/α,β-unsaturated/α-hetero) is 1. The van der Waals surface area contributed by atoms with E-state index in [0.717, 1.165) is 12.1 Å². The van der Waals surface area contributed by atoms with E-state index in [2.05, 4.69) is 16.4 Å². The largest absolute Gasteiger partial charge is 0.374 e. The van der Waals surface area contributed by atoms with Gasteiger partial charge in [-0.2, -0.15) is 0 Å². The average molecular weight is 224 g/mol. The van der Waals surface area contributed by atoms with E-state index in [9.17, 15) is 4.79 Å². The molecule has 0 saturated heterocycles. The van der Waals surface area contributed by atoms with E-state index in [-0.39, 0.29) is 11.8 Å². The molecule has 0 bridgehead atoms. The van der Waals surface area contributed by atoms with Crippen LogP contribution in [0.3, 0.4) is 0 Å². The zero-order valence-electron chi connectivity index (χ0n) is 9.26. The highest BCUT2D eigenvalue weighted by molar-refractivity contribution is 6.02. The van der Waals surface area contributed by atoms with Crippen molar-refractivity contribution in [3.05, 3.63) is 59.9 Å². The van der Waals surface area contributed by atoms with Gasteiger partial charge in [-0.05, 0) is 23.8 Å². The Bertz CT molecular complexity index is 526. The smallest absolute Gasteiger partial charge is 0.186 e. The Morgan fingerprint density at radius 3 is 2.88 bits per heavy atom. The van der Waals surface area contributed by atoms with Crippen LogP contribution >= 0.6 is 0 Å². The van der Waals surface area contributed by atoms with Gasteiger partial charge in [-0.1, -0.05) is 18.2 Å². The van der Waals surface area contributed by atoms with Crippen molar-refractivity contribution in [3.8, 4) is 0 Å². The van der Waals surface area contributed by atoms with E-state index in [1.165, 1.54) is 5.56 Å². The van der Waals surface area contributed by atoms with Gasteiger partial charge in [0.1, 0.15) is 0 Å². The van der Waals surface area contributed by atoms with E-state index in [1.807, 2.05) is 18.2 Å². The number of rotatable bonds is 2. The number of pyridine rings is 1. The van der Waals surface area contributed by atoms with Crippen LogP contribution in [-0.2, 0) is 6.42 Å². The first-order valence-corrected chi connectivity index (χ1v) is 5.63. The first-order valence-electron chi connectivity index (χ1n) is 5.63. The molecule has 1 unspecified atom stereocenters. The summed E-state index contributed by atoms with van der Waals surface area (Å²) in [5, 5.41) is 3.26. The molecule has 1 atom stereocenters. The van der Waals surface area contributed by atoms with Gasteiger partial charge in [-0.25, -0.2) is 0 Å². The number of carbonyl (C=O) groups excluding carboxylic acids is 1. The van der Waals surface area contributed by atoms with Gasteiger partial charge in [0.25, 0.3) is 0 Å². The summed E-state index contributed by atoms with van der Waals surface area (Å²) in [4.78, 5) is 16.2. The number of nitrogens with one attached hydrogen (secondary N) is 1. The number of anilines is 1. The maximum absolute atomic E-state index is 12.2. The van der Waals surface area contributed by atoms with Crippen LogP contribution in [0.4, 0.5) is 5.69 Å². The molecule has 0 radical (unpaired) electrons. The summed E-state index contributed by atoms with van der Waals surface area (Å²) in [6.07, 6.45) is 4.05. The predicted octanol–water partition coefficient (Wildman–Crippen LogP) is 2.30. The van der Waals surface area contributed by atoms with Crippen molar-refractivity contribution in [1.82, 2.24) is 4.98 Å². The minimum absolute atomic E-state index is 0.106. The van der Waals surface area contributed by atoms with Crippen LogP contribution in [-0.4, -0.2) is 16.8 Å². The molecule has 3 rings (SSSR count). The third-order valence-electron chi connectivity index (χ3n) is 3.03. The van der Waals surface area contributed by atoms with Gasteiger partial charge in [0.15, 0.2) is 5.78 Å². The number of aromatic nitrogens is 1. The van der Waals surface area contributed by atoms with E-state index in [0.29, 0.717) is 5.56 Å². The summed E-state index contributed by atoms with van der Waals surface area (Å²) in [6.45, 7) is 0. The second-order valence-corrected chi connectivity index (χ2v) is 4.16. The van der Waals surface area contributed by atoms with Crippen molar-refractivity contribution in [3.63, 3.8) is 0 Å². The summed E-state index contributed by atoms with van der Waals surface area (Å²) in [6, 6.07) is 11.5. The van der Waals surface area contributed by atoms with Crippen molar-refractivity contribution in [2.75, 3.05) is 5.32 Å². The van der Waals surface area contributed by atoms with Gasteiger partial charge < -0.3 is 5.32 Å². The van der Waals surface area contributed by atoms with Crippen molar-refractivity contribution < 1.29 is 4.79 Å². The fourth-order valence-corrected chi connectivity index (χ4v) is 2.17. The summed E-state index contributed by atoms with van der Waals surface area (Å²) in [5.74, 6) is 0.106. The van der Waals surface area contributed by atoms with Crippen molar-refractivity contribution in [1.29, 1.82) is 0 Å². The fraction of sp³-hybridized carbons (Fsp3) is 0.143. The number of benzene rings is 1. The minimum Gasteiger partial charge on any atom is -0.374 e. The Morgan fingerprint density at radius 1 is 1.24 bits per heavy atom. The Labute approximate surface area is 99.5 Å². The molecule has 1 aromatic heterocycles. The number of hydrogen-bond donors (Lipinski definition) is 1. The zero-order chi connectivity index (χ0) is 11.7. The monoisotopic (exact) mass is 224 g/mol. The molecule has 2 aromatic rings. The van der Waals surface area contributed by atoms with Crippen molar-refractivity contribution >= 4 is 11.5 Å². The van der Waals surface area contributed by atoms with E-state index < -0.39 is 0 Å². The van der Waals surface area contributed by atoms with Crippen LogP contribution < -0.4 is 5.32 Å². The Hall–Kier alpha value is -2.16. The number of para-hydroxylation sites is 1. The Kier molecular flexibility index (Phi) is 2.37. The molecule has 0 amide bonds. The summed E-state index contributed by atoms with van der Waals surface area (Å²) in [7, 11) is 0. The van der Waals surface area contributed by atoms with Crippen LogP contribution in [0, 0.1) is 0 Å². The average Bonchev–Trinajstić information content (AvgIpc) is 2.82. The van der Waals surface area contributed by atoms with E-state index >= 15 is 0 Å². The molecule has 3 heteroatoms. The maximum atomic E-state index is 12.2. The van der Waals surface area contributed by atoms with Crippen LogP contribution in [0.15, 0.2) is 48.8 Å². The Balaban J connectivity index is 1.84.